The molecule has 6 nitrogen and oxygen atoms in total. The van der Waals surface area contributed by atoms with Crippen LogP contribution in [0, 0.1) is 11.8 Å². The van der Waals surface area contributed by atoms with Crippen LogP contribution in [-0.2, 0) is 11.3 Å². The monoisotopic (exact) mass is 341 g/mol. The van der Waals surface area contributed by atoms with Gasteiger partial charge < -0.3 is 14.5 Å². The Morgan fingerprint density at radius 3 is 3.12 bits per heavy atom. The van der Waals surface area contributed by atoms with Crippen molar-refractivity contribution in [2.45, 2.75) is 19.1 Å². The molecule has 2 fully saturated rings. The fourth-order valence-electron chi connectivity index (χ4n) is 3.93. The fourth-order valence-corrected chi connectivity index (χ4v) is 3.93. The Kier molecular flexibility index (Phi) is 4.81. The Morgan fingerprint density at radius 2 is 2.32 bits per heavy atom. The number of likely N-dealkylation sites (tertiary alicyclic amines) is 1. The molecule has 0 radical (unpaired) electrons. The summed E-state index contributed by atoms with van der Waals surface area (Å²) in [5.74, 6) is 1.97. The molecule has 0 bridgehead atoms. The van der Waals surface area contributed by atoms with Gasteiger partial charge in [-0.25, -0.2) is 0 Å². The number of piperidine rings is 1. The zero-order valence-corrected chi connectivity index (χ0v) is 14.1. The van der Waals surface area contributed by atoms with Gasteiger partial charge in [0.25, 0.3) is 5.91 Å². The maximum absolute atomic E-state index is 12.2. The third kappa shape index (κ3) is 3.75. The number of rotatable bonds is 5. The lowest BCUT2D eigenvalue weighted by Gasteiger charge is -2.35. The van der Waals surface area contributed by atoms with Gasteiger partial charge >= 0.3 is 0 Å². The highest BCUT2D eigenvalue weighted by Crippen LogP contribution is 2.34. The SMILES string of the molecule is O=C(NC[C@H]1OC[C@@H]2CN(Cc3ccco3)CC[C@@H]21)c1cccnc1. The number of hydrogen-bond donors (Lipinski definition) is 1. The summed E-state index contributed by atoms with van der Waals surface area (Å²) in [6, 6.07) is 7.50. The van der Waals surface area contributed by atoms with Crippen LogP contribution in [0.5, 0.6) is 0 Å². The standard InChI is InChI=1S/C19H23N3O3/c23-19(14-3-1-6-20-9-14)21-10-18-17-5-7-22(11-15(17)13-25-18)12-16-4-2-8-24-16/h1-4,6,8-9,15,17-18H,5,7,10-13H2,(H,21,23)/t15-,17-,18+/m0/s1. The Morgan fingerprint density at radius 1 is 1.36 bits per heavy atom. The molecule has 2 aliphatic heterocycles. The first-order chi connectivity index (χ1) is 12.3. The molecule has 0 aliphatic carbocycles. The van der Waals surface area contributed by atoms with E-state index in [1.165, 1.54) is 0 Å². The van der Waals surface area contributed by atoms with Crippen molar-refractivity contribution in [2.75, 3.05) is 26.2 Å². The number of amides is 1. The number of nitrogens with zero attached hydrogens (tertiary/aromatic N) is 2. The number of furan rings is 1. The largest absolute Gasteiger partial charge is 0.468 e. The lowest BCUT2D eigenvalue weighted by Crippen LogP contribution is -2.43. The number of nitrogens with one attached hydrogen (secondary N) is 1. The molecule has 2 aliphatic rings. The van der Waals surface area contributed by atoms with E-state index in [-0.39, 0.29) is 12.0 Å². The summed E-state index contributed by atoms with van der Waals surface area (Å²) in [5, 5.41) is 2.99. The Labute approximate surface area is 147 Å². The summed E-state index contributed by atoms with van der Waals surface area (Å²) in [7, 11) is 0. The van der Waals surface area contributed by atoms with Crippen LogP contribution in [0.4, 0.5) is 0 Å². The Bertz CT molecular complexity index is 689. The predicted molar refractivity (Wildman–Crippen MR) is 91.9 cm³/mol. The molecule has 25 heavy (non-hydrogen) atoms. The molecular formula is C19H23N3O3. The molecule has 132 valence electrons. The summed E-state index contributed by atoms with van der Waals surface area (Å²) in [5.41, 5.74) is 0.588. The van der Waals surface area contributed by atoms with E-state index < -0.39 is 0 Å². The average molecular weight is 341 g/mol. The van der Waals surface area contributed by atoms with Crippen LogP contribution in [0.1, 0.15) is 22.5 Å². The highest BCUT2D eigenvalue weighted by atomic mass is 16.5. The van der Waals surface area contributed by atoms with E-state index in [9.17, 15) is 4.79 Å². The van der Waals surface area contributed by atoms with E-state index >= 15 is 0 Å². The van der Waals surface area contributed by atoms with Gasteiger partial charge in [0.2, 0.25) is 0 Å². The average Bonchev–Trinajstić information content (AvgIpc) is 3.30. The molecule has 2 saturated heterocycles. The van der Waals surface area contributed by atoms with Crippen molar-refractivity contribution in [2.24, 2.45) is 11.8 Å². The van der Waals surface area contributed by atoms with Crippen LogP contribution in [-0.4, -0.2) is 48.1 Å². The number of carbonyl (C=O) groups is 1. The van der Waals surface area contributed by atoms with E-state index in [2.05, 4.69) is 15.2 Å². The van der Waals surface area contributed by atoms with Gasteiger partial charge in [0.05, 0.1) is 31.1 Å². The number of aromatic nitrogens is 1. The molecule has 2 aromatic rings. The summed E-state index contributed by atoms with van der Waals surface area (Å²) in [6.07, 6.45) is 6.18. The molecule has 2 aromatic heterocycles. The van der Waals surface area contributed by atoms with Crippen LogP contribution in [0.2, 0.25) is 0 Å². The van der Waals surface area contributed by atoms with Crippen LogP contribution in [0.25, 0.3) is 0 Å². The van der Waals surface area contributed by atoms with Crippen molar-refractivity contribution < 1.29 is 13.9 Å². The topological polar surface area (TPSA) is 67.6 Å². The summed E-state index contributed by atoms with van der Waals surface area (Å²) >= 11 is 0. The zero-order chi connectivity index (χ0) is 17.1. The highest BCUT2D eigenvalue weighted by Gasteiger charge is 2.40. The highest BCUT2D eigenvalue weighted by molar-refractivity contribution is 5.93. The van der Waals surface area contributed by atoms with Crippen molar-refractivity contribution in [1.29, 1.82) is 0 Å². The summed E-state index contributed by atoms with van der Waals surface area (Å²) < 4.78 is 11.4. The molecule has 1 N–H and O–H groups in total. The maximum Gasteiger partial charge on any atom is 0.252 e. The van der Waals surface area contributed by atoms with Crippen molar-refractivity contribution in [3.63, 3.8) is 0 Å². The van der Waals surface area contributed by atoms with Gasteiger partial charge in [-0.1, -0.05) is 0 Å². The maximum atomic E-state index is 12.2. The first-order valence-corrected chi connectivity index (χ1v) is 8.84. The Hall–Kier alpha value is -2.18. The zero-order valence-electron chi connectivity index (χ0n) is 14.1. The van der Waals surface area contributed by atoms with Crippen molar-refractivity contribution >= 4 is 5.91 Å². The van der Waals surface area contributed by atoms with E-state index in [0.717, 1.165) is 38.4 Å². The molecule has 4 heterocycles. The second-order valence-corrected chi connectivity index (χ2v) is 6.85. The van der Waals surface area contributed by atoms with E-state index in [4.69, 9.17) is 9.15 Å². The molecule has 0 spiro atoms. The van der Waals surface area contributed by atoms with Gasteiger partial charge in [0, 0.05) is 31.4 Å². The van der Waals surface area contributed by atoms with E-state index in [1.54, 1.807) is 30.8 Å². The van der Waals surface area contributed by atoms with Gasteiger partial charge in [0.1, 0.15) is 5.76 Å². The van der Waals surface area contributed by atoms with E-state index in [1.807, 2.05) is 12.1 Å². The number of fused-ring (bicyclic) bond motifs is 1. The molecule has 4 rings (SSSR count). The molecule has 0 aromatic carbocycles. The summed E-state index contributed by atoms with van der Waals surface area (Å²) in [4.78, 5) is 18.6. The van der Waals surface area contributed by atoms with Crippen LogP contribution >= 0.6 is 0 Å². The van der Waals surface area contributed by atoms with Crippen molar-refractivity contribution in [1.82, 2.24) is 15.2 Å². The third-order valence-electron chi connectivity index (χ3n) is 5.23. The first-order valence-electron chi connectivity index (χ1n) is 8.84. The number of ether oxygens (including phenoxy) is 1. The quantitative estimate of drug-likeness (QED) is 0.900. The minimum absolute atomic E-state index is 0.0876. The summed E-state index contributed by atoms with van der Waals surface area (Å²) in [6.45, 7) is 4.26. The normalized spacial score (nSPS) is 26.3. The van der Waals surface area contributed by atoms with Crippen LogP contribution in [0.15, 0.2) is 47.3 Å². The predicted octanol–water partition coefficient (Wildman–Crippen LogP) is 1.94. The number of carbonyl (C=O) groups excluding carboxylic acids is 1. The van der Waals surface area contributed by atoms with Gasteiger partial charge in [-0.05, 0) is 43.1 Å². The lowest BCUT2D eigenvalue weighted by molar-refractivity contribution is 0.0739. The smallest absolute Gasteiger partial charge is 0.252 e. The second-order valence-electron chi connectivity index (χ2n) is 6.85. The van der Waals surface area contributed by atoms with Gasteiger partial charge in [0.15, 0.2) is 0 Å². The van der Waals surface area contributed by atoms with Gasteiger partial charge in [-0.15, -0.1) is 0 Å². The molecule has 0 saturated carbocycles. The Balaban J connectivity index is 1.28. The fraction of sp³-hybridized carbons (Fsp3) is 0.474. The molecule has 6 heteroatoms. The third-order valence-corrected chi connectivity index (χ3v) is 5.23. The first kappa shape index (κ1) is 16.3. The minimum Gasteiger partial charge on any atom is -0.468 e. The van der Waals surface area contributed by atoms with Crippen LogP contribution < -0.4 is 5.32 Å². The molecule has 1 amide bonds. The second kappa shape index (κ2) is 7.37. The minimum atomic E-state index is -0.0876. The lowest BCUT2D eigenvalue weighted by atomic mass is 9.84. The van der Waals surface area contributed by atoms with Gasteiger partial charge in [-0.3, -0.25) is 14.7 Å². The number of hydrogen-bond acceptors (Lipinski definition) is 5. The van der Waals surface area contributed by atoms with Crippen LogP contribution in [0.3, 0.4) is 0 Å². The molecular weight excluding hydrogens is 318 g/mol. The van der Waals surface area contributed by atoms with Crippen molar-refractivity contribution in [3.05, 3.63) is 54.2 Å². The van der Waals surface area contributed by atoms with E-state index in [0.29, 0.717) is 23.9 Å². The number of pyridine rings is 1. The van der Waals surface area contributed by atoms with Crippen molar-refractivity contribution in [3.8, 4) is 0 Å². The van der Waals surface area contributed by atoms with Gasteiger partial charge in [-0.2, -0.15) is 0 Å². The molecule has 3 atom stereocenters. The molecule has 0 unspecified atom stereocenters.